The van der Waals surface area contributed by atoms with Crippen LogP contribution in [0.2, 0.25) is 0 Å². The molecule has 0 aliphatic carbocycles. The normalized spacial score (nSPS) is 12.2. The van der Waals surface area contributed by atoms with Crippen LogP contribution in [0.1, 0.15) is 0 Å². The Morgan fingerprint density at radius 2 is 2.00 bits per heavy atom. The van der Waals surface area contributed by atoms with Gasteiger partial charge in [0.2, 0.25) is 0 Å². The van der Waals surface area contributed by atoms with E-state index in [1.165, 1.54) is 0 Å². The van der Waals surface area contributed by atoms with E-state index in [1.54, 1.807) is 24.3 Å². The predicted molar refractivity (Wildman–Crippen MR) is 53.8 cm³/mol. The van der Waals surface area contributed by atoms with Gasteiger partial charge in [-0.25, -0.2) is 4.98 Å². The number of thioether (sulfide) groups is 1. The summed E-state index contributed by atoms with van der Waals surface area (Å²) >= 11 is 0.578. The van der Waals surface area contributed by atoms with E-state index < -0.39 is 12.6 Å². The highest BCUT2D eigenvalue weighted by Crippen LogP contribution is 2.26. The van der Waals surface area contributed by atoms with Crippen LogP contribution >= 0.6 is 11.8 Å². The van der Waals surface area contributed by atoms with Crippen molar-refractivity contribution in [2.45, 2.75) is 5.22 Å². The summed E-state index contributed by atoms with van der Waals surface area (Å²) in [6.07, 6.45) is 0. The monoisotopic (exact) mass is 232 g/mol. The van der Waals surface area contributed by atoms with Crippen molar-refractivity contribution in [2.24, 2.45) is 0 Å². The van der Waals surface area contributed by atoms with E-state index in [9.17, 15) is 12.9 Å². The van der Waals surface area contributed by atoms with Gasteiger partial charge < -0.3 is 17.4 Å². The maximum Gasteiger partial charge on any atom is 0.488 e. The summed E-state index contributed by atoms with van der Waals surface area (Å²) in [6, 6.07) is 6.87. The van der Waals surface area contributed by atoms with E-state index in [1.807, 2.05) is 0 Å². The van der Waals surface area contributed by atoms with Gasteiger partial charge in [0.25, 0.3) is 5.22 Å². The molecule has 2 nitrogen and oxygen atoms in total. The summed E-state index contributed by atoms with van der Waals surface area (Å²) in [5, 5.41) is 0.0652. The molecule has 0 spiro atoms. The Morgan fingerprint density at radius 3 is 2.67 bits per heavy atom. The van der Waals surface area contributed by atoms with Gasteiger partial charge in [-0.05, 0) is 17.8 Å². The van der Waals surface area contributed by atoms with Crippen LogP contribution in [0, 0.1) is 0 Å². The lowest BCUT2D eigenvalue weighted by molar-refractivity contribution is 0.477. The first-order chi connectivity index (χ1) is 7.04. The number of oxazole rings is 1. The molecule has 0 radical (unpaired) electrons. The van der Waals surface area contributed by atoms with Gasteiger partial charge in [-0.15, -0.1) is 0 Å². The van der Waals surface area contributed by atoms with Crippen LogP contribution in [0.25, 0.3) is 11.1 Å². The van der Waals surface area contributed by atoms with E-state index in [0.717, 1.165) is 0 Å². The molecule has 0 saturated heterocycles. The molecule has 0 amide bonds. The third-order valence-corrected chi connectivity index (χ3v) is 2.64. The van der Waals surface area contributed by atoms with E-state index in [4.69, 9.17) is 4.42 Å². The Kier molecular flexibility index (Phi) is 2.64. The van der Waals surface area contributed by atoms with E-state index >= 15 is 0 Å². The van der Waals surface area contributed by atoms with Crippen LogP contribution in [0.3, 0.4) is 0 Å². The third-order valence-electron chi connectivity index (χ3n) is 1.67. The molecule has 0 aliphatic heterocycles. The summed E-state index contributed by atoms with van der Waals surface area (Å²) in [6.45, 7) is -4.80. The van der Waals surface area contributed by atoms with Crippen LogP contribution in [0.4, 0.5) is 12.9 Å². The molecule has 1 aromatic heterocycles. The fourth-order valence-corrected chi connectivity index (χ4v) is 1.72. The largest absolute Gasteiger partial charge is 0.488 e. The van der Waals surface area contributed by atoms with Crippen LogP contribution < -0.4 is 0 Å². The van der Waals surface area contributed by atoms with Gasteiger partial charge in [-0.2, -0.15) is 0 Å². The first-order valence-electron chi connectivity index (χ1n) is 4.24. The molecule has 0 N–H and O–H groups in total. The summed E-state index contributed by atoms with van der Waals surface area (Å²) in [7, 11) is 0. The second-order valence-corrected chi connectivity index (χ2v) is 3.94. The quantitative estimate of drug-likeness (QED) is 0.599. The molecule has 0 atom stereocenters. The van der Waals surface area contributed by atoms with Gasteiger partial charge in [0.05, 0.1) is 0 Å². The lowest BCUT2D eigenvalue weighted by Crippen LogP contribution is -2.18. The molecule has 2 aromatic rings. The molecular formula is C8H6BF3NOS-. The Labute approximate surface area is 87.9 Å². The summed E-state index contributed by atoms with van der Waals surface area (Å²) < 4.78 is 41.0. The molecule has 0 aliphatic rings. The maximum absolute atomic E-state index is 12.0. The number of para-hydroxylation sites is 2. The number of aromatic nitrogens is 1. The molecule has 0 saturated carbocycles. The molecule has 1 aromatic carbocycles. The van der Waals surface area contributed by atoms with Gasteiger partial charge in [-0.3, -0.25) is 0 Å². The molecule has 0 unspecified atom stereocenters. The van der Waals surface area contributed by atoms with Crippen LogP contribution in [-0.2, 0) is 0 Å². The maximum atomic E-state index is 12.0. The number of hydrogen-bond acceptors (Lipinski definition) is 3. The van der Waals surface area contributed by atoms with Crippen molar-refractivity contribution in [3.8, 4) is 0 Å². The predicted octanol–water partition coefficient (Wildman–Crippen LogP) is 3.31. The van der Waals surface area contributed by atoms with Gasteiger partial charge in [0, 0.05) is 0 Å². The smallest absolute Gasteiger partial charge is 0.448 e. The zero-order valence-corrected chi connectivity index (χ0v) is 8.31. The van der Waals surface area contributed by atoms with E-state index in [2.05, 4.69) is 4.98 Å². The van der Waals surface area contributed by atoms with E-state index in [-0.39, 0.29) is 5.22 Å². The molecule has 15 heavy (non-hydrogen) atoms. The van der Waals surface area contributed by atoms with Crippen molar-refractivity contribution in [3.63, 3.8) is 0 Å². The van der Waals surface area contributed by atoms with Crippen molar-refractivity contribution in [2.75, 3.05) is 5.65 Å². The molecule has 2 rings (SSSR count). The Morgan fingerprint density at radius 1 is 1.27 bits per heavy atom. The zero-order chi connectivity index (χ0) is 10.9. The standard InChI is InChI=1S/C8H6BF3NOS/c10-9(11,12)5-15-8-13-6-3-1-2-4-7(6)14-8/h1-4H,5H2/q-1. The first kappa shape index (κ1) is 10.4. The molecule has 7 heteroatoms. The molecule has 1 heterocycles. The van der Waals surface area contributed by atoms with Gasteiger partial charge in [0.1, 0.15) is 5.52 Å². The van der Waals surface area contributed by atoms with Gasteiger partial charge >= 0.3 is 6.98 Å². The Bertz CT molecular complexity index is 437. The number of rotatable bonds is 3. The van der Waals surface area contributed by atoms with Crippen molar-refractivity contribution < 1.29 is 17.4 Å². The fraction of sp³-hybridized carbons (Fsp3) is 0.125. The minimum Gasteiger partial charge on any atom is -0.448 e. The summed E-state index contributed by atoms with van der Waals surface area (Å²) in [4.78, 5) is 3.92. The highest BCUT2D eigenvalue weighted by Gasteiger charge is 2.24. The number of nitrogens with zero attached hydrogens (tertiary/aromatic N) is 1. The molecular weight excluding hydrogens is 226 g/mol. The number of fused-ring (bicyclic) bond motifs is 1. The third kappa shape index (κ3) is 2.68. The summed E-state index contributed by atoms with van der Waals surface area (Å²) in [5.74, 6) is 0. The first-order valence-corrected chi connectivity index (χ1v) is 5.22. The van der Waals surface area contributed by atoms with Gasteiger partial charge in [-0.1, -0.05) is 23.9 Å². The second-order valence-electron chi connectivity index (χ2n) is 2.97. The Balaban J connectivity index is 2.16. The topological polar surface area (TPSA) is 26.0 Å². The zero-order valence-electron chi connectivity index (χ0n) is 7.49. The lowest BCUT2D eigenvalue weighted by atomic mass is 9.98. The van der Waals surface area contributed by atoms with Gasteiger partial charge in [0.15, 0.2) is 5.58 Å². The minimum atomic E-state index is -4.80. The van der Waals surface area contributed by atoms with Crippen LogP contribution in [0.5, 0.6) is 0 Å². The number of hydrogen-bond donors (Lipinski definition) is 0. The molecule has 80 valence electrons. The van der Waals surface area contributed by atoms with Crippen molar-refractivity contribution in [1.29, 1.82) is 0 Å². The molecule has 0 bridgehead atoms. The fourth-order valence-electron chi connectivity index (χ4n) is 1.08. The second kappa shape index (κ2) is 3.81. The summed E-state index contributed by atoms with van der Waals surface area (Å²) in [5.41, 5.74) is 0.164. The molecule has 0 fully saturated rings. The van der Waals surface area contributed by atoms with Crippen LogP contribution in [0.15, 0.2) is 33.9 Å². The highest BCUT2D eigenvalue weighted by atomic mass is 32.2. The SMILES string of the molecule is F[B-](F)(F)CSc1nc2ccccc2o1. The van der Waals surface area contributed by atoms with Crippen molar-refractivity contribution >= 4 is 29.8 Å². The minimum absolute atomic E-state index is 0.0652. The van der Waals surface area contributed by atoms with E-state index in [0.29, 0.717) is 22.9 Å². The average Bonchev–Trinajstić information content (AvgIpc) is 2.56. The number of halogens is 3. The highest BCUT2D eigenvalue weighted by molar-refractivity contribution is 8.00. The van der Waals surface area contributed by atoms with Crippen molar-refractivity contribution in [1.82, 2.24) is 4.98 Å². The number of benzene rings is 1. The average molecular weight is 232 g/mol. The lowest BCUT2D eigenvalue weighted by Gasteiger charge is -2.09. The Hall–Kier alpha value is -1.11. The van der Waals surface area contributed by atoms with Crippen molar-refractivity contribution in [3.05, 3.63) is 24.3 Å². The van der Waals surface area contributed by atoms with Crippen LogP contribution in [-0.4, -0.2) is 17.6 Å².